The van der Waals surface area contributed by atoms with Gasteiger partial charge < -0.3 is 0 Å². The van der Waals surface area contributed by atoms with Crippen LogP contribution in [0.2, 0.25) is 0 Å². The highest BCUT2D eigenvalue weighted by atomic mass is 12.4. The van der Waals surface area contributed by atoms with Crippen LogP contribution in [0.5, 0.6) is 0 Å². The van der Waals surface area contributed by atoms with E-state index in [1.54, 1.807) is 0 Å². The van der Waals surface area contributed by atoms with Crippen LogP contribution in [0.25, 0.3) is 0 Å². The first kappa shape index (κ1) is 2.49. The van der Waals surface area contributed by atoms with Crippen molar-refractivity contribution >= 4 is 29.6 Å². The fourth-order valence-corrected chi connectivity index (χ4v) is 0. The van der Waals surface area contributed by atoms with Crippen molar-refractivity contribution in [2.24, 2.45) is 0 Å². The lowest BCUT2D eigenvalue weighted by Crippen LogP contribution is -2.00. The molecule has 0 saturated carbocycles. The van der Waals surface area contributed by atoms with Crippen LogP contribution in [-0.4, -0.2) is 30.9 Å². The number of hydrogen-bond acceptors (Lipinski definition) is 0. The molecular weight excluding hydrogens is 43.2 g/mol. The van der Waals surface area contributed by atoms with Crippen LogP contribution in [0.3, 0.4) is 0 Å². The molecule has 0 aromatic rings. The van der Waals surface area contributed by atoms with Crippen molar-refractivity contribution in [1.82, 2.24) is 0 Å². The Labute approximate surface area is 32.0 Å². The van der Waals surface area contributed by atoms with Gasteiger partial charge >= 0.3 is 0 Å². The lowest BCUT2D eigenvalue weighted by molar-refractivity contribution is 4.14. The molecule has 0 nitrogen and oxygen atoms in total. The second-order valence-corrected chi connectivity index (χ2v) is 0.816. The van der Waals surface area contributed by atoms with E-state index in [0.29, 0.717) is 0 Å². The van der Waals surface area contributed by atoms with E-state index in [1.165, 1.54) is 0 Å². The van der Waals surface area contributed by atoms with E-state index in [1.807, 2.05) is 15.5 Å². The molecule has 0 aliphatic carbocycles. The third kappa shape index (κ3) is 2.26. The fourth-order valence-electron chi connectivity index (χ4n) is 0. The first-order chi connectivity index (χ1) is 2.27. The summed E-state index contributed by atoms with van der Waals surface area (Å²) >= 11 is 0. The SMILES string of the molecule is [2H]B(B)BB. The standard InChI is InChI=1S/B4H6/c1-3-4-2/h3-4H,1-2H2/i3D. The van der Waals surface area contributed by atoms with Gasteiger partial charge in [0.05, 0.1) is 15.5 Å². The summed E-state index contributed by atoms with van der Waals surface area (Å²) in [5.74, 6) is 0. The van der Waals surface area contributed by atoms with Crippen LogP contribution < -0.4 is 0 Å². The smallest absolute Gasteiger partial charge is 0.0375 e. The third-order valence-electron chi connectivity index (χ3n) is 0.408. The summed E-state index contributed by atoms with van der Waals surface area (Å²) in [7, 11) is 5.01. The van der Waals surface area contributed by atoms with E-state index >= 15 is 0 Å². The minimum atomic E-state index is 0.134. The molecule has 0 unspecified atom stereocenters. The highest BCUT2D eigenvalue weighted by Crippen LogP contribution is 1.24. The molecule has 0 bridgehead atoms. The maximum absolute atomic E-state index is 6.83. The van der Waals surface area contributed by atoms with Gasteiger partial charge in [-0.2, -0.15) is 0 Å². The van der Waals surface area contributed by atoms with Crippen molar-refractivity contribution < 1.29 is 0 Å². The summed E-state index contributed by atoms with van der Waals surface area (Å²) in [4.78, 5) is 0. The van der Waals surface area contributed by atoms with Crippen molar-refractivity contribution in [2.75, 3.05) is 0 Å². The van der Waals surface area contributed by atoms with Gasteiger partial charge in [-0.15, -0.1) is 0 Å². The molecule has 0 heterocycles. The molecule has 0 aliphatic rings. The van der Waals surface area contributed by atoms with E-state index in [9.17, 15) is 0 Å². The molecule has 0 aromatic heterocycles. The van der Waals surface area contributed by atoms with E-state index in [0.717, 1.165) is 7.06 Å². The molecule has 0 N–H and O–H groups in total. The van der Waals surface area contributed by atoms with Gasteiger partial charge in [0.2, 0.25) is 0 Å². The van der Waals surface area contributed by atoms with Crippen LogP contribution in [0.15, 0.2) is 0 Å². The maximum Gasteiger partial charge on any atom is 0.0598 e. The van der Waals surface area contributed by atoms with E-state index in [4.69, 9.17) is 1.34 Å². The fraction of sp³-hybridized carbons (Fsp3) is 0. The average molecular weight is 50.3 g/mol. The minimum Gasteiger partial charge on any atom is -0.0375 e. The van der Waals surface area contributed by atoms with Gasteiger partial charge in [0.25, 0.3) is 0 Å². The Bertz CT molecular complexity index is 17.6. The van der Waals surface area contributed by atoms with Crippen molar-refractivity contribution in [3.05, 3.63) is 0 Å². The van der Waals surface area contributed by atoms with E-state index in [2.05, 4.69) is 0 Å². The molecule has 4 heteroatoms. The molecule has 0 fully saturated rings. The van der Waals surface area contributed by atoms with Gasteiger partial charge in [0.15, 0.2) is 0 Å². The third-order valence-corrected chi connectivity index (χ3v) is 0.408. The van der Waals surface area contributed by atoms with Gasteiger partial charge in [-0.25, -0.2) is 0 Å². The largest absolute Gasteiger partial charge is 0.0598 e. The lowest BCUT2D eigenvalue weighted by atomic mass is 9.19. The molecule has 0 atom stereocenters. The topological polar surface area (TPSA) is 0 Å². The zero-order valence-electron chi connectivity index (χ0n) is 4.28. The molecule has 0 spiro atoms. The Morgan fingerprint density at radius 1 is 1.75 bits per heavy atom. The number of hydrogen-bond donors (Lipinski definition) is 0. The molecule has 18 valence electrons. The van der Waals surface area contributed by atoms with Gasteiger partial charge in [-0.1, -0.05) is 0 Å². The van der Waals surface area contributed by atoms with Gasteiger partial charge in [-0.05, 0) is 1.34 Å². The monoisotopic (exact) mass is 51.1 g/mol. The molecule has 0 saturated heterocycles. The summed E-state index contributed by atoms with van der Waals surface area (Å²) in [6, 6.07) is 0. The Kier molecular flexibility index (Phi) is 2.03. The Balaban J connectivity index is 2.54. The minimum absolute atomic E-state index is 0.134. The normalized spacial score (nSPS) is 8.50. The summed E-state index contributed by atoms with van der Waals surface area (Å²) < 4.78 is 6.83. The molecule has 4 heavy (non-hydrogen) atoms. The Morgan fingerprint density at radius 2 is 2.00 bits per heavy atom. The van der Waals surface area contributed by atoms with E-state index in [-0.39, 0.29) is 7.02 Å². The predicted octanol–water partition coefficient (Wildman–Crippen LogP) is -3.13. The van der Waals surface area contributed by atoms with Crippen LogP contribution >= 0.6 is 0 Å². The van der Waals surface area contributed by atoms with Crippen molar-refractivity contribution in [3.8, 4) is 0 Å². The first-order valence-electron chi connectivity index (χ1n) is 2.27. The van der Waals surface area contributed by atoms with Crippen LogP contribution in [0.4, 0.5) is 0 Å². The van der Waals surface area contributed by atoms with Gasteiger partial charge in [0, 0.05) is 14.1 Å². The molecule has 0 aromatic carbocycles. The molecule has 0 radical (unpaired) electrons. The molecule has 0 aliphatic heterocycles. The van der Waals surface area contributed by atoms with E-state index < -0.39 is 0 Å². The zero-order valence-corrected chi connectivity index (χ0v) is 3.28. The summed E-state index contributed by atoms with van der Waals surface area (Å²) in [6.45, 7) is 0. The zero-order chi connectivity index (χ0) is 4.28. The van der Waals surface area contributed by atoms with Gasteiger partial charge in [0.1, 0.15) is 0 Å². The average Bonchev–Trinajstić information content (AvgIpc) is 1.38. The van der Waals surface area contributed by atoms with Gasteiger partial charge in [-0.3, -0.25) is 0 Å². The highest BCUT2D eigenvalue weighted by Gasteiger charge is 1.67. The molecular formula is H6B4. The van der Waals surface area contributed by atoms with Crippen LogP contribution in [-0.2, 0) is 0 Å². The van der Waals surface area contributed by atoms with Crippen molar-refractivity contribution in [1.29, 1.82) is 1.34 Å². The first-order valence-corrected chi connectivity index (χ1v) is 1.69. The highest BCUT2D eigenvalue weighted by molar-refractivity contribution is 7.37. The summed E-state index contributed by atoms with van der Waals surface area (Å²) in [5.41, 5.74) is 0. The molecule has 0 rings (SSSR count). The molecule has 0 amide bonds. The quantitative estimate of drug-likeness (QED) is 0.276. The second kappa shape index (κ2) is 3.26. The van der Waals surface area contributed by atoms with Crippen LogP contribution in [0.1, 0.15) is 0 Å². The predicted molar refractivity (Wildman–Crippen MR) is 31.4 cm³/mol. The van der Waals surface area contributed by atoms with Crippen molar-refractivity contribution in [2.45, 2.75) is 0 Å². The lowest BCUT2D eigenvalue weighted by Gasteiger charge is -1.57. The summed E-state index contributed by atoms with van der Waals surface area (Å²) in [5, 5.41) is 0. The van der Waals surface area contributed by atoms with Crippen molar-refractivity contribution in [3.63, 3.8) is 0 Å². The number of rotatable bonds is 1. The maximum atomic E-state index is 6.83. The Hall–Kier alpha value is 0.260. The van der Waals surface area contributed by atoms with Crippen LogP contribution in [0, 0.1) is 0 Å². The Morgan fingerprint density at radius 3 is 2.00 bits per heavy atom. The second-order valence-electron chi connectivity index (χ2n) is 0.816. The summed E-state index contributed by atoms with van der Waals surface area (Å²) in [6.07, 6.45) is 0.